The molecule has 2 heteroatoms. The summed E-state index contributed by atoms with van der Waals surface area (Å²) < 4.78 is 5.49. The van der Waals surface area contributed by atoms with Crippen molar-refractivity contribution in [2.24, 2.45) is 5.92 Å². The van der Waals surface area contributed by atoms with Crippen molar-refractivity contribution in [3.8, 4) is 0 Å². The molecule has 1 aromatic carbocycles. The van der Waals surface area contributed by atoms with Crippen molar-refractivity contribution >= 4 is 0 Å². The Balaban J connectivity index is 2.24. The second-order valence-electron chi connectivity index (χ2n) is 4.44. The lowest BCUT2D eigenvalue weighted by molar-refractivity contribution is 0.177. The molecule has 1 aliphatic heterocycles. The molecule has 0 aromatic heterocycles. The van der Waals surface area contributed by atoms with E-state index in [-0.39, 0.29) is 0 Å². The van der Waals surface area contributed by atoms with Crippen molar-refractivity contribution < 1.29 is 4.74 Å². The fourth-order valence-corrected chi connectivity index (χ4v) is 2.62. The highest BCUT2D eigenvalue weighted by molar-refractivity contribution is 5.30. The first-order valence-electron chi connectivity index (χ1n) is 6.19. The Bertz CT molecular complexity index is 331. The Morgan fingerprint density at radius 3 is 2.88 bits per heavy atom. The van der Waals surface area contributed by atoms with Gasteiger partial charge in [0.2, 0.25) is 0 Å². The van der Waals surface area contributed by atoms with Crippen molar-refractivity contribution in [2.75, 3.05) is 20.3 Å². The second-order valence-corrected chi connectivity index (χ2v) is 4.44. The first kappa shape index (κ1) is 11.6. The molecule has 16 heavy (non-hydrogen) atoms. The highest BCUT2D eigenvalue weighted by atomic mass is 16.5. The van der Waals surface area contributed by atoms with E-state index < -0.39 is 0 Å². The van der Waals surface area contributed by atoms with Crippen LogP contribution in [0.1, 0.15) is 30.5 Å². The normalized spacial score (nSPS) is 22.2. The molecule has 0 radical (unpaired) electrons. The molecule has 1 fully saturated rings. The molecule has 2 unspecified atom stereocenters. The standard InChI is InChI=1S/C14H21NO/c1-3-11-6-4-5-7-13(11)14(15-2)12-8-9-16-10-12/h4-7,12,14-15H,3,8-10H2,1-2H3. The van der Waals surface area contributed by atoms with Crippen LogP contribution in [0.3, 0.4) is 0 Å². The van der Waals surface area contributed by atoms with E-state index in [0.29, 0.717) is 12.0 Å². The zero-order chi connectivity index (χ0) is 11.4. The van der Waals surface area contributed by atoms with E-state index in [2.05, 4.69) is 43.6 Å². The van der Waals surface area contributed by atoms with Crippen LogP contribution in [0, 0.1) is 5.92 Å². The highest BCUT2D eigenvalue weighted by Gasteiger charge is 2.26. The number of aryl methyl sites for hydroxylation is 1. The molecule has 0 saturated carbocycles. The fourth-order valence-electron chi connectivity index (χ4n) is 2.62. The minimum absolute atomic E-state index is 0.443. The summed E-state index contributed by atoms with van der Waals surface area (Å²) in [7, 11) is 2.05. The van der Waals surface area contributed by atoms with Gasteiger partial charge in [-0.1, -0.05) is 31.2 Å². The minimum atomic E-state index is 0.443. The molecular formula is C14H21NO. The molecule has 2 nitrogen and oxygen atoms in total. The Kier molecular flexibility index (Phi) is 3.97. The van der Waals surface area contributed by atoms with Crippen LogP contribution in [-0.2, 0) is 11.2 Å². The summed E-state index contributed by atoms with van der Waals surface area (Å²) in [6.07, 6.45) is 2.27. The van der Waals surface area contributed by atoms with Crippen molar-refractivity contribution in [2.45, 2.75) is 25.8 Å². The molecule has 2 rings (SSSR count). The van der Waals surface area contributed by atoms with Crippen molar-refractivity contribution in [1.82, 2.24) is 5.32 Å². The lowest BCUT2D eigenvalue weighted by Crippen LogP contribution is -2.26. The molecule has 1 heterocycles. The quantitative estimate of drug-likeness (QED) is 0.840. The third kappa shape index (κ3) is 2.28. The van der Waals surface area contributed by atoms with E-state index in [1.165, 1.54) is 17.5 Å². The van der Waals surface area contributed by atoms with Gasteiger partial charge in [0.25, 0.3) is 0 Å². The maximum atomic E-state index is 5.49. The second kappa shape index (κ2) is 5.46. The third-order valence-electron chi connectivity index (χ3n) is 3.52. The predicted octanol–water partition coefficient (Wildman–Crippen LogP) is 2.55. The molecule has 1 saturated heterocycles. The highest BCUT2D eigenvalue weighted by Crippen LogP contribution is 2.30. The van der Waals surface area contributed by atoms with Crippen LogP contribution in [-0.4, -0.2) is 20.3 Å². The summed E-state index contributed by atoms with van der Waals surface area (Å²) in [6, 6.07) is 9.18. The molecule has 0 amide bonds. The van der Waals surface area contributed by atoms with Gasteiger partial charge in [0, 0.05) is 18.6 Å². The summed E-state index contributed by atoms with van der Waals surface area (Å²) in [6.45, 7) is 4.03. The summed E-state index contributed by atoms with van der Waals surface area (Å²) in [5, 5.41) is 3.46. The van der Waals surface area contributed by atoms with Crippen LogP contribution in [0.2, 0.25) is 0 Å². The first-order chi connectivity index (χ1) is 7.86. The molecule has 0 aliphatic carbocycles. The van der Waals surface area contributed by atoms with Gasteiger partial charge in [-0.2, -0.15) is 0 Å². The Hall–Kier alpha value is -0.860. The van der Waals surface area contributed by atoms with Gasteiger partial charge in [0.05, 0.1) is 6.61 Å². The molecular weight excluding hydrogens is 198 g/mol. The zero-order valence-corrected chi connectivity index (χ0v) is 10.2. The average molecular weight is 219 g/mol. The zero-order valence-electron chi connectivity index (χ0n) is 10.2. The Morgan fingerprint density at radius 1 is 1.44 bits per heavy atom. The molecule has 1 aliphatic rings. The van der Waals surface area contributed by atoms with E-state index in [9.17, 15) is 0 Å². The third-order valence-corrected chi connectivity index (χ3v) is 3.52. The van der Waals surface area contributed by atoms with Gasteiger partial charge in [-0.05, 0) is 31.0 Å². The van der Waals surface area contributed by atoms with E-state index >= 15 is 0 Å². The van der Waals surface area contributed by atoms with Crippen LogP contribution >= 0.6 is 0 Å². The average Bonchev–Trinajstić information content (AvgIpc) is 2.84. The van der Waals surface area contributed by atoms with Gasteiger partial charge < -0.3 is 10.1 Å². The summed E-state index contributed by atoms with van der Waals surface area (Å²) in [5.74, 6) is 0.623. The van der Waals surface area contributed by atoms with Gasteiger partial charge >= 0.3 is 0 Å². The number of hydrogen-bond acceptors (Lipinski definition) is 2. The largest absolute Gasteiger partial charge is 0.381 e. The summed E-state index contributed by atoms with van der Waals surface area (Å²) >= 11 is 0. The van der Waals surface area contributed by atoms with E-state index in [1.54, 1.807) is 0 Å². The van der Waals surface area contributed by atoms with Crippen LogP contribution in [0.5, 0.6) is 0 Å². The Morgan fingerprint density at radius 2 is 2.25 bits per heavy atom. The number of nitrogens with one attached hydrogen (secondary N) is 1. The van der Waals surface area contributed by atoms with Gasteiger partial charge in [0.15, 0.2) is 0 Å². The lowest BCUT2D eigenvalue weighted by atomic mass is 9.89. The maximum absolute atomic E-state index is 5.49. The van der Waals surface area contributed by atoms with Gasteiger partial charge in [-0.25, -0.2) is 0 Å². The summed E-state index contributed by atoms with van der Waals surface area (Å²) in [5.41, 5.74) is 2.90. The number of benzene rings is 1. The fraction of sp³-hybridized carbons (Fsp3) is 0.571. The van der Waals surface area contributed by atoms with Crippen LogP contribution in [0.4, 0.5) is 0 Å². The summed E-state index contributed by atoms with van der Waals surface area (Å²) in [4.78, 5) is 0. The van der Waals surface area contributed by atoms with E-state index in [0.717, 1.165) is 19.6 Å². The monoisotopic (exact) mass is 219 g/mol. The lowest BCUT2D eigenvalue weighted by Gasteiger charge is -2.24. The van der Waals surface area contributed by atoms with Crippen molar-refractivity contribution in [3.63, 3.8) is 0 Å². The SMILES string of the molecule is CCc1ccccc1C(NC)C1CCOC1. The predicted molar refractivity (Wildman–Crippen MR) is 66.5 cm³/mol. The smallest absolute Gasteiger partial charge is 0.0513 e. The molecule has 0 spiro atoms. The molecule has 0 bridgehead atoms. The molecule has 1 N–H and O–H groups in total. The molecule has 2 atom stereocenters. The van der Waals surface area contributed by atoms with Crippen molar-refractivity contribution in [3.05, 3.63) is 35.4 Å². The Labute approximate surface area is 98.0 Å². The van der Waals surface area contributed by atoms with Gasteiger partial charge in [-0.15, -0.1) is 0 Å². The maximum Gasteiger partial charge on any atom is 0.0513 e. The van der Waals surface area contributed by atoms with Crippen LogP contribution in [0.25, 0.3) is 0 Å². The van der Waals surface area contributed by atoms with E-state index in [1.807, 2.05) is 0 Å². The van der Waals surface area contributed by atoms with Gasteiger partial charge in [-0.3, -0.25) is 0 Å². The van der Waals surface area contributed by atoms with Gasteiger partial charge in [0.1, 0.15) is 0 Å². The number of ether oxygens (including phenoxy) is 1. The molecule has 88 valence electrons. The first-order valence-corrected chi connectivity index (χ1v) is 6.19. The van der Waals surface area contributed by atoms with Crippen LogP contribution in [0.15, 0.2) is 24.3 Å². The topological polar surface area (TPSA) is 21.3 Å². The number of hydrogen-bond donors (Lipinski definition) is 1. The van der Waals surface area contributed by atoms with E-state index in [4.69, 9.17) is 4.74 Å². The van der Waals surface area contributed by atoms with Crippen molar-refractivity contribution in [1.29, 1.82) is 0 Å². The number of rotatable bonds is 4. The minimum Gasteiger partial charge on any atom is -0.381 e. The van der Waals surface area contributed by atoms with Crippen LogP contribution < -0.4 is 5.32 Å². The molecule has 1 aromatic rings.